The van der Waals surface area contributed by atoms with Crippen molar-refractivity contribution >= 4 is 10.2 Å². The molecule has 0 aliphatic carbocycles. The monoisotopic (exact) mass is 263 g/mol. The molecule has 0 spiro atoms. The highest BCUT2D eigenvalue weighted by molar-refractivity contribution is 7.87. The summed E-state index contributed by atoms with van der Waals surface area (Å²) in [6.45, 7) is 5.92. The van der Waals surface area contributed by atoms with Crippen molar-refractivity contribution in [2.45, 2.75) is 45.6 Å². The molecular formula is C11H25N3O2S. The van der Waals surface area contributed by atoms with E-state index in [0.717, 1.165) is 19.3 Å². The first-order valence-corrected chi connectivity index (χ1v) is 7.91. The first kappa shape index (κ1) is 14.9. The van der Waals surface area contributed by atoms with E-state index in [1.165, 1.54) is 0 Å². The van der Waals surface area contributed by atoms with Gasteiger partial charge in [-0.05, 0) is 38.1 Å². The van der Waals surface area contributed by atoms with Crippen molar-refractivity contribution in [1.29, 1.82) is 0 Å². The Hall–Kier alpha value is -0.170. The Bertz CT molecular complexity index is 311. The minimum Gasteiger partial charge on any atom is -0.330 e. The molecule has 0 aromatic rings. The van der Waals surface area contributed by atoms with Crippen LogP contribution in [0.4, 0.5) is 0 Å². The lowest BCUT2D eigenvalue weighted by Gasteiger charge is -2.30. The zero-order valence-corrected chi connectivity index (χ0v) is 11.7. The smallest absolute Gasteiger partial charge is 0.279 e. The second-order valence-electron chi connectivity index (χ2n) is 4.89. The molecule has 1 fully saturated rings. The maximum Gasteiger partial charge on any atom is 0.279 e. The maximum atomic E-state index is 12.1. The number of piperidine rings is 1. The Labute approximate surface area is 105 Å². The van der Waals surface area contributed by atoms with Crippen LogP contribution in [0.5, 0.6) is 0 Å². The molecular weight excluding hydrogens is 238 g/mol. The van der Waals surface area contributed by atoms with E-state index in [2.05, 4.69) is 11.6 Å². The number of rotatable bonds is 6. The number of hydrogen-bond donors (Lipinski definition) is 2. The lowest BCUT2D eigenvalue weighted by atomic mass is 10.0. The summed E-state index contributed by atoms with van der Waals surface area (Å²) in [5, 5.41) is 0. The standard InChI is InChI=1S/C11H25N3O2S/c1-3-11(4-7-12)13-17(15,16)14-8-5-10(2)6-9-14/h10-11,13H,3-9,12H2,1-2H3. The predicted molar refractivity (Wildman–Crippen MR) is 69.8 cm³/mol. The molecule has 1 saturated heterocycles. The summed E-state index contributed by atoms with van der Waals surface area (Å²) in [6.07, 6.45) is 3.38. The molecule has 1 aliphatic heterocycles. The Morgan fingerprint density at radius 2 is 2.00 bits per heavy atom. The molecule has 0 amide bonds. The quantitative estimate of drug-likeness (QED) is 0.740. The zero-order valence-electron chi connectivity index (χ0n) is 10.9. The van der Waals surface area contributed by atoms with Crippen molar-refractivity contribution in [3.63, 3.8) is 0 Å². The van der Waals surface area contributed by atoms with E-state index in [0.29, 0.717) is 32.0 Å². The van der Waals surface area contributed by atoms with Crippen LogP contribution in [0.1, 0.15) is 39.5 Å². The third-order valence-electron chi connectivity index (χ3n) is 3.41. The summed E-state index contributed by atoms with van der Waals surface area (Å²) in [4.78, 5) is 0. The first-order chi connectivity index (χ1) is 7.99. The van der Waals surface area contributed by atoms with Gasteiger partial charge in [0, 0.05) is 19.1 Å². The van der Waals surface area contributed by atoms with E-state index in [1.807, 2.05) is 6.92 Å². The van der Waals surface area contributed by atoms with Crippen LogP contribution < -0.4 is 10.5 Å². The molecule has 0 radical (unpaired) electrons. The van der Waals surface area contributed by atoms with E-state index >= 15 is 0 Å². The highest BCUT2D eigenvalue weighted by Crippen LogP contribution is 2.18. The summed E-state index contributed by atoms with van der Waals surface area (Å²) >= 11 is 0. The van der Waals surface area contributed by atoms with Gasteiger partial charge in [0.25, 0.3) is 10.2 Å². The molecule has 1 heterocycles. The van der Waals surface area contributed by atoms with Gasteiger partial charge in [-0.25, -0.2) is 0 Å². The van der Waals surface area contributed by atoms with Crippen molar-refractivity contribution in [2.75, 3.05) is 19.6 Å². The molecule has 17 heavy (non-hydrogen) atoms. The van der Waals surface area contributed by atoms with Gasteiger partial charge >= 0.3 is 0 Å². The molecule has 1 aliphatic rings. The van der Waals surface area contributed by atoms with Crippen LogP contribution in [0.15, 0.2) is 0 Å². The van der Waals surface area contributed by atoms with Crippen LogP contribution in [0.3, 0.4) is 0 Å². The fourth-order valence-corrected chi connectivity index (χ4v) is 3.60. The SMILES string of the molecule is CCC(CCN)NS(=O)(=O)N1CCC(C)CC1. The average molecular weight is 263 g/mol. The summed E-state index contributed by atoms with van der Waals surface area (Å²) in [5.74, 6) is 0.632. The Morgan fingerprint density at radius 3 is 2.47 bits per heavy atom. The minimum atomic E-state index is -3.31. The van der Waals surface area contributed by atoms with Crippen molar-refractivity contribution < 1.29 is 8.42 Å². The normalized spacial score (nSPS) is 21.6. The van der Waals surface area contributed by atoms with E-state index in [4.69, 9.17) is 5.73 Å². The molecule has 1 atom stereocenters. The van der Waals surface area contributed by atoms with Gasteiger partial charge in [0.1, 0.15) is 0 Å². The van der Waals surface area contributed by atoms with Crippen LogP contribution >= 0.6 is 0 Å². The van der Waals surface area contributed by atoms with Gasteiger partial charge < -0.3 is 5.73 Å². The lowest BCUT2D eigenvalue weighted by molar-refractivity contribution is 0.282. The summed E-state index contributed by atoms with van der Waals surface area (Å²) in [5.41, 5.74) is 5.47. The molecule has 5 nitrogen and oxygen atoms in total. The zero-order chi connectivity index (χ0) is 12.9. The first-order valence-electron chi connectivity index (χ1n) is 6.47. The molecule has 6 heteroatoms. The van der Waals surface area contributed by atoms with E-state index in [1.54, 1.807) is 4.31 Å². The van der Waals surface area contributed by atoms with Crippen molar-refractivity contribution in [3.8, 4) is 0 Å². The van der Waals surface area contributed by atoms with Crippen LogP contribution in [-0.2, 0) is 10.2 Å². The van der Waals surface area contributed by atoms with Crippen molar-refractivity contribution in [2.24, 2.45) is 11.7 Å². The lowest BCUT2D eigenvalue weighted by Crippen LogP contribution is -2.48. The topological polar surface area (TPSA) is 75.4 Å². The highest BCUT2D eigenvalue weighted by Gasteiger charge is 2.27. The van der Waals surface area contributed by atoms with Gasteiger partial charge in [-0.3, -0.25) is 0 Å². The van der Waals surface area contributed by atoms with Gasteiger partial charge in [0.2, 0.25) is 0 Å². The summed E-state index contributed by atoms with van der Waals surface area (Å²) < 4.78 is 28.5. The summed E-state index contributed by atoms with van der Waals surface area (Å²) in [6, 6.07) is -0.0376. The third-order valence-corrected chi connectivity index (χ3v) is 5.08. The molecule has 1 rings (SSSR count). The van der Waals surface area contributed by atoms with Crippen LogP contribution in [0.2, 0.25) is 0 Å². The number of hydrogen-bond acceptors (Lipinski definition) is 3. The van der Waals surface area contributed by atoms with Crippen LogP contribution in [-0.4, -0.2) is 38.4 Å². The van der Waals surface area contributed by atoms with Crippen LogP contribution in [0.25, 0.3) is 0 Å². The van der Waals surface area contributed by atoms with Gasteiger partial charge in [-0.15, -0.1) is 0 Å². The van der Waals surface area contributed by atoms with Crippen molar-refractivity contribution in [1.82, 2.24) is 9.03 Å². The molecule has 3 N–H and O–H groups in total. The highest BCUT2D eigenvalue weighted by atomic mass is 32.2. The molecule has 0 bridgehead atoms. The van der Waals surface area contributed by atoms with E-state index < -0.39 is 10.2 Å². The predicted octanol–water partition coefficient (Wildman–Crippen LogP) is 0.680. The van der Waals surface area contributed by atoms with Gasteiger partial charge in [-0.1, -0.05) is 13.8 Å². The Kier molecular flexibility index (Phi) is 5.85. The molecule has 0 saturated carbocycles. The molecule has 102 valence electrons. The van der Waals surface area contributed by atoms with E-state index in [-0.39, 0.29) is 6.04 Å². The molecule has 1 unspecified atom stereocenters. The van der Waals surface area contributed by atoms with Crippen molar-refractivity contribution in [3.05, 3.63) is 0 Å². The summed E-state index contributed by atoms with van der Waals surface area (Å²) in [7, 11) is -3.31. The molecule has 0 aromatic carbocycles. The Morgan fingerprint density at radius 1 is 1.41 bits per heavy atom. The number of nitrogens with zero attached hydrogens (tertiary/aromatic N) is 1. The van der Waals surface area contributed by atoms with Crippen LogP contribution in [0, 0.1) is 5.92 Å². The fraction of sp³-hybridized carbons (Fsp3) is 1.00. The number of nitrogens with two attached hydrogens (primary N) is 1. The maximum absolute atomic E-state index is 12.1. The largest absolute Gasteiger partial charge is 0.330 e. The Balaban J connectivity index is 2.55. The number of nitrogens with one attached hydrogen (secondary N) is 1. The van der Waals surface area contributed by atoms with E-state index in [9.17, 15) is 8.42 Å². The third kappa shape index (κ3) is 4.54. The average Bonchev–Trinajstić information content (AvgIpc) is 2.28. The van der Waals surface area contributed by atoms with Gasteiger partial charge in [0.15, 0.2) is 0 Å². The second kappa shape index (κ2) is 6.68. The fourth-order valence-electron chi connectivity index (χ4n) is 2.06. The second-order valence-corrected chi connectivity index (χ2v) is 6.59. The van der Waals surface area contributed by atoms with Gasteiger partial charge in [0.05, 0.1) is 0 Å². The molecule has 0 aromatic heterocycles. The minimum absolute atomic E-state index is 0.0376. The van der Waals surface area contributed by atoms with Gasteiger partial charge in [-0.2, -0.15) is 17.4 Å².